The summed E-state index contributed by atoms with van der Waals surface area (Å²) in [6, 6.07) is 19.1. The molecule has 1 fully saturated rings. The number of hydrogen-bond donors (Lipinski definition) is 3. The first-order valence-corrected chi connectivity index (χ1v) is 21.3. The maximum Gasteiger partial charge on any atom is 0.407 e. The summed E-state index contributed by atoms with van der Waals surface area (Å²) in [5.74, 6) is -4.84. The van der Waals surface area contributed by atoms with Crippen LogP contribution in [0.5, 0.6) is 0 Å². The standard InChI is InChI=1S/C45H52BrN3O13/c1-23(2)37(49-45(56)58-22-35-33-14-10-8-12-31(33)32-13-9-11-15-34(32)35)43(54)47-24(3)42(53)48-30-18-16-29(21-46)28(20-30)17-19-36-38(59-25(4)50)39(60-26(5)51)40(61-27(6)52)41(62-36)44(55)57-7/h8-16,18,20,23-24,35-41H,17,19,21-22H2,1-7H3,(H,47,54)(H,48,53)(H,49,56)/t24-,36-,37-,38-,39+,40-,41?/m0/s1. The summed E-state index contributed by atoms with van der Waals surface area (Å²) in [5.41, 5.74) is 6.25. The number of esters is 4. The van der Waals surface area contributed by atoms with Crippen molar-refractivity contribution in [3.63, 3.8) is 0 Å². The van der Waals surface area contributed by atoms with E-state index in [-0.39, 0.29) is 31.3 Å². The molecule has 0 aromatic heterocycles. The molecule has 3 N–H and O–H groups in total. The maximum absolute atomic E-state index is 13.5. The second kappa shape index (κ2) is 21.3. The van der Waals surface area contributed by atoms with Gasteiger partial charge in [0.15, 0.2) is 24.4 Å². The monoisotopic (exact) mass is 921 g/mol. The number of alkyl carbamates (subject to hydrolysis) is 1. The Morgan fingerprint density at radius 3 is 1.87 bits per heavy atom. The number of carbonyl (C=O) groups excluding carboxylic acids is 7. The number of halogens is 1. The first-order valence-electron chi connectivity index (χ1n) is 20.2. The van der Waals surface area contributed by atoms with Crippen LogP contribution in [0.4, 0.5) is 10.5 Å². The molecule has 0 saturated carbocycles. The molecule has 2 aliphatic rings. The first-order chi connectivity index (χ1) is 29.5. The van der Waals surface area contributed by atoms with Gasteiger partial charge in [-0.25, -0.2) is 9.59 Å². The van der Waals surface area contributed by atoms with E-state index in [2.05, 4.69) is 31.9 Å². The molecule has 3 amide bonds. The zero-order valence-corrected chi connectivity index (χ0v) is 37.1. The Bertz CT molecular complexity index is 2120. The van der Waals surface area contributed by atoms with Gasteiger partial charge >= 0.3 is 30.0 Å². The number of methoxy groups -OCH3 is 1. The molecule has 1 heterocycles. The molecule has 16 nitrogen and oxygen atoms in total. The summed E-state index contributed by atoms with van der Waals surface area (Å²) in [5, 5.41) is 8.61. The van der Waals surface area contributed by atoms with E-state index in [9.17, 15) is 33.6 Å². The molecular weight excluding hydrogens is 870 g/mol. The molecule has 1 unspecified atom stereocenters. The van der Waals surface area contributed by atoms with Crippen molar-refractivity contribution in [1.29, 1.82) is 0 Å². The van der Waals surface area contributed by atoms with Crippen LogP contribution in [0.3, 0.4) is 0 Å². The second-order valence-electron chi connectivity index (χ2n) is 15.4. The molecule has 1 saturated heterocycles. The quantitative estimate of drug-likeness (QED) is 0.0953. The van der Waals surface area contributed by atoms with Crippen LogP contribution in [-0.2, 0) is 68.9 Å². The van der Waals surface area contributed by atoms with Gasteiger partial charge < -0.3 is 44.4 Å². The number of rotatable bonds is 16. The zero-order chi connectivity index (χ0) is 45.2. The van der Waals surface area contributed by atoms with Crippen molar-refractivity contribution < 1.29 is 62.0 Å². The highest BCUT2D eigenvalue weighted by molar-refractivity contribution is 9.08. The normalized spacial score (nSPS) is 20.0. The minimum Gasteiger partial charge on any atom is -0.467 e. The minimum atomic E-state index is -1.52. The average Bonchev–Trinajstić information content (AvgIpc) is 3.55. The van der Waals surface area contributed by atoms with Crippen LogP contribution in [0.1, 0.15) is 76.1 Å². The Labute approximate surface area is 368 Å². The van der Waals surface area contributed by atoms with Crippen molar-refractivity contribution in [3.8, 4) is 11.1 Å². The van der Waals surface area contributed by atoms with E-state index in [0.717, 1.165) is 61.3 Å². The van der Waals surface area contributed by atoms with Crippen LogP contribution >= 0.6 is 15.9 Å². The number of alkyl halides is 1. The van der Waals surface area contributed by atoms with Crippen LogP contribution in [0.25, 0.3) is 11.1 Å². The van der Waals surface area contributed by atoms with Gasteiger partial charge in [-0.3, -0.25) is 24.0 Å². The van der Waals surface area contributed by atoms with Gasteiger partial charge in [0.25, 0.3) is 0 Å². The van der Waals surface area contributed by atoms with Crippen molar-refractivity contribution in [2.45, 2.75) is 108 Å². The van der Waals surface area contributed by atoms with Gasteiger partial charge in [-0.05, 0) is 71.2 Å². The molecule has 0 bridgehead atoms. The number of anilines is 1. The van der Waals surface area contributed by atoms with Crippen molar-refractivity contribution in [2.75, 3.05) is 19.0 Å². The summed E-state index contributed by atoms with van der Waals surface area (Å²) < 4.78 is 33.1. The van der Waals surface area contributed by atoms with E-state index in [0.29, 0.717) is 11.0 Å². The molecule has 3 aromatic rings. The van der Waals surface area contributed by atoms with Crippen molar-refractivity contribution in [3.05, 3.63) is 89.0 Å². The predicted octanol–water partition coefficient (Wildman–Crippen LogP) is 5.26. The Hall–Kier alpha value is -5.81. The topological polar surface area (TPSA) is 211 Å². The summed E-state index contributed by atoms with van der Waals surface area (Å²) >= 11 is 3.49. The molecule has 5 rings (SSSR count). The Morgan fingerprint density at radius 2 is 1.31 bits per heavy atom. The van der Waals surface area contributed by atoms with Crippen LogP contribution in [0, 0.1) is 5.92 Å². The SMILES string of the molecule is COC(=O)C1O[C@@H](CCc2cc(NC(=O)[C@H](C)NC(=O)[C@@H](NC(=O)OCC3c4ccccc4-c4ccccc43)C(C)C)ccc2CBr)[C@H](OC(C)=O)[C@@H](OC(C)=O)[C@@H]1OC(C)=O. The molecule has 7 atom stereocenters. The lowest BCUT2D eigenvalue weighted by atomic mass is 9.90. The fourth-order valence-corrected chi connectivity index (χ4v) is 8.27. The summed E-state index contributed by atoms with van der Waals surface area (Å²) in [7, 11) is 1.12. The van der Waals surface area contributed by atoms with E-state index in [1.165, 1.54) is 6.92 Å². The number of amides is 3. The fraction of sp³-hybridized carbons (Fsp3) is 0.444. The van der Waals surface area contributed by atoms with Crippen LogP contribution < -0.4 is 16.0 Å². The zero-order valence-electron chi connectivity index (χ0n) is 35.6. The molecular formula is C45H52BrN3O13. The molecule has 1 aliphatic heterocycles. The summed E-state index contributed by atoms with van der Waals surface area (Å²) in [6.45, 7) is 8.49. The van der Waals surface area contributed by atoms with E-state index in [1.54, 1.807) is 32.0 Å². The maximum atomic E-state index is 13.5. The predicted molar refractivity (Wildman–Crippen MR) is 228 cm³/mol. The highest BCUT2D eigenvalue weighted by Crippen LogP contribution is 2.44. The van der Waals surface area contributed by atoms with Gasteiger partial charge in [-0.15, -0.1) is 0 Å². The highest BCUT2D eigenvalue weighted by atomic mass is 79.9. The van der Waals surface area contributed by atoms with E-state index < -0.39 is 84.4 Å². The lowest BCUT2D eigenvalue weighted by Gasteiger charge is -2.43. The third-order valence-corrected chi connectivity index (χ3v) is 11.2. The van der Waals surface area contributed by atoms with Crippen LogP contribution in [-0.4, -0.2) is 98.1 Å². The Kier molecular flexibility index (Phi) is 16.2. The van der Waals surface area contributed by atoms with E-state index in [4.69, 9.17) is 28.4 Å². The van der Waals surface area contributed by atoms with Gasteiger partial charge in [0.1, 0.15) is 18.7 Å². The molecule has 0 spiro atoms. The van der Waals surface area contributed by atoms with Crippen LogP contribution in [0.15, 0.2) is 66.7 Å². The van der Waals surface area contributed by atoms with Gasteiger partial charge in [-0.1, -0.05) is 84.4 Å². The Balaban J connectivity index is 1.23. The third-order valence-electron chi connectivity index (χ3n) is 10.6. The van der Waals surface area contributed by atoms with Crippen molar-refractivity contribution in [1.82, 2.24) is 10.6 Å². The average molecular weight is 923 g/mol. The lowest BCUT2D eigenvalue weighted by molar-refractivity contribution is -0.249. The number of ether oxygens (including phenoxy) is 6. The molecule has 1 aliphatic carbocycles. The largest absolute Gasteiger partial charge is 0.467 e. The minimum absolute atomic E-state index is 0.0702. The third kappa shape index (κ3) is 11.6. The number of nitrogens with one attached hydrogen (secondary N) is 3. The first kappa shape index (κ1) is 47.2. The number of hydrogen-bond acceptors (Lipinski definition) is 13. The molecule has 17 heteroatoms. The van der Waals surface area contributed by atoms with Crippen molar-refractivity contribution in [2.24, 2.45) is 5.92 Å². The summed E-state index contributed by atoms with van der Waals surface area (Å²) in [6.07, 6.45) is -7.16. The summed E-state index contributed by atoms with van der Waals surface area (Å²) in [4.78, 5) is 89.5. The van der Waals surface area contributed by atoms with E-state index >= 15 is 0 Å². The lowest BCUT2D eigenvalue weighted by Crippen LogP contribution is -2.63. The molecule has 0 radical (unpaired) electrons. The molecule has 3 aromatic carbocycles. The molecule has 62 heavy (non-hydrogen) atoms. The van der Waals surface area contributed by atoms with Gasteiger partial charge in [0, 0.05) is 37.7 Å². The van der Waals surface area contributed by atoms with Gasteiger partial charge in [0.2, 0.25) is 11.8 Å². The smallest absolute Gasteiger partial charge is 0.407 e. The van der Waals surface area contributed by atoms with E-state index in [1.807, 2.05) is 48.5 Å². The van der Waals surface area contributed by atoms with Gasteiger partial charge in [0.05, 0.1) is 13.2 Å². The number of aryl methyl sites for hydroxylation is 1. The fourth-order valence-electron chi connectivity index (χ4n) is 7.72. The number of carbonyl (C=O) groups is 7. The Morgan fingerprint density at radius 1 is 0.726 bits per heavy atom. The molecule has 332 valence electrons. The van der Waals surface area contributed by atoms with Crippen molar-refractivity contribution >= 4 is 63.4 Å². The highest BCUT2D eigenvalue weighted by Gasteiger charge is 2.54. The van der Waals surface area contributed by atoms with Gasteiger partial charge in [-0.2, -0.15) is 0 Å². The number of fused-ring (bicyclic) bond motifs is 3. The second-order valence-corrected chi connectivity index (χ2v) is 16.0. The van der Waals surface area contributed by atoms with Crippen LogP contribution in [0.2, 0.25) is 0 Å². The number of benzene rings is 3.